The molecule has 0 radical (unpaired) electrons. The number of esters is 1. The molecule has 0 saturated carbocycles. The molecule has 1 N–H and O–H groups in total. The number of hydrogen-bond donors (Lipinski definition) is 1. The van der Waals surface area contributed by atoms with Gasteiger partial charge in [-0.1, -0.05) is 24.3 Å². The summed E-state index contributed by atoms with van der Waals surface area (Å²) >= 11 is 0. The third kappa shape index (κ3) is 1.88. The lowest BCUT2D eigenvalue weighted by Crippen LogP contribution is -2.36. The van der Waals surface area contributed by atoms with Crippen LogP contribution in [0.15, 0.2) is 24.3 Å². The molecule has 2 rings (SSSR count). The molecule has 0 heterocycles. The van der Waals surface area contributed by atoms with Gasteiger partial charge in [-0.3, -0.25) is 4.79 Å². The second-order valence-electron chi connectivity index (χ2n) is 3.87. The van der Waals surface area contributed by atoms with Crippen molar-refractivity contribution in [1.82, 2.24) is 0 Å². The molecular weight excluding hydrogens is 192 g/mol. The number of rotatable bonds is 1. The number of hydrogen-bond acceptors (Lipinski definition) is 3. The Labute approximate surface area is 88.7 Å². The van der Waals surface area contributed by atoms with Crippen molar-refractivity contribution in [2.45, 2.75) is 18.9 Å². The first-order chi connectivity index (χ1) is 7.22. The molecular formula is C12H14O3. The highest BCUT2D eigenvalue weighted by Crippen LogP contribution is 2.26. The predicted molar refractivity (Wildman–Crippen MR) is 55.4 cm³/mol. The van der Waals surface area contributed by atoms with E-state index in [0.29, 0.717) is 12.8 Å². The van der Waals surface area contributed by atoms with Crippen LogP contribution >= 0.6 is 0 Å². The van der Waals surface area contributed by atoms with Crippen molar-refractivity contribution in [2.24, 2.45) is 5.92 Å². The molecule has 2 atom stereocenters. The van der Waals surface area contributed by atoms with Crippen LogP contribution in [-0.4, -0.2) is 24.3 Å². The maximum Gasteiger partial charge on any atom is 0.311 e. The van der Waals surface area contributed by atoms with Gasteiger partial charge in [-0.2, -0.15) is 0 Å². The lowest BCUT2D eigenvalue weighted by Gasteiger charge is -2.27. The van der Waals surface area contributed by atoms with Crippen molar-refractivity contribution in [3.63, 3.8) is 0 Å². The Bertz CT molecular complexity index is 373. The van der Waals surface area contributed by atoms with Gasteiger partial charge >= 0.3 is 5.97 Å². The summed E-state index contributed by atoms with van der Waals surface area (Å²) in [5, 5.41) is 9.82. The van der Waals surface area contributed by atoms with Crippen LogP contribution in [0.5, 0.6) is 0 Å². The smallest absolute Gasteiger partial charge is 0.311 e. The van der Waals surface area contributed by atoms with Crippen molar-refractivity contribution in [3.8, 4) is 0 Å². The fraction of sp³-hybridized carbons (Fsp3) is 0.417. The summed E-state index contributed by atoms with van der Waals surface area (Å²) in [7, 11) is 1.36. The molecule has 0 aromatic heterocycles. The molecule has 0 unspecified atom stereocenters. The quantitative estimate of drug-likeness (QED) is 0.695. The molecule has 1 aromatic carbocycles. The number of carbonyl (C=O) groups excluding carboxylic acids is 1. The van der Waals surface area contributed by atoms with Crippen LogP contribution in [-0.2, 0) is 22.4 Å². The number of methoxy groups -OCH3 is 1. The van der Waals surface area contributed by atoms with Crippen molar-refractivity contribution in [2.75, 3.05) is 7.11 Å². The average Bonchev–Trinajstić information content (AvgIpc) is 2.27. The van der Waals surface area contributed by atoms with E-state index in [1.807, 2.05) is 24.3 Å². The Hall–Kier alpha value is -1.35. The zero-order valence-electron chi connectivity index (χ0n) is 8.64. The topological polar surface area (TPSA) is 46.5 Å². The van der Waals surface area contributed by atoms with Gasteiger partial charge in [0.25, 0.3) is 0 Å². The van der Waals surface area contributed by atoms with Gasteiger partial charge in [-0.25, -0.2) is 0 Å². The van der Waals surface area contributed by atoms with Gasteiger partial charge in [-0.05, 0) is 24.0 Å². The van der Waals surface area contributed by atoms with Gasteiger partial charge < -0.3 is 9.84 Å². The summed E-state index contributed by atoms with van der Waals surface area (Å²) in [6.07, 6.45) is 0.493. The second-order valence-corrected chi connectivity index (χ2v) is 3.87. The third-order valence-electron chi connectivity index (χ3n) is 2.96. The predicted octanol–water partition coefficient (Wildman–Crippen LogP) is 0.935. The van der Waals surface area contributed by atoms with Gasteiger partial charge in [-0.15, -0.1) is 0 Å². The van der Waals surface area contributed by atoms with E-state index in [-0.39, 0.29) is 5.97 Å². The van der Waals surface area contributed by atoms with E-state index in [9.17, 15) is 9.90 Å². The van der Waals surface area contributed by atoms with Crippen LogP contribution in [0.2, 0.25) is 0 Å². The zero-order valence-corrected chi connectivity index (χ0v) is 8.64. The van der Waals surface area contributed by atoms with Crippen molar-refractivity contribution in [3.05, 3.63) is 35.4 Å². The largest absolute Gasteiger partial charge is 0.469 e. The lowest BCUT2D eigenvalue weighted by molar-refractivity contribution is -0.149. The van der Waals surface area contributed by atoms with E-state index in [2.05, 4.69) is 4.74 Å². The molecule has 0 bridgehead atoms. The summed E-state index contributed by atoms with van der Waals surface area (Å²) in [6, 6.07) is 7.89. The minimum atomic E-state index is -0.618. The number of benzene rings is 1. The fourth-order valence-electron chi connectivity index (χ4n) is 2.09. The Balaban J connectivity index is 2.25. The SMILES string of the molecule is COC(=O)[C@@H]1Cc2ccccc2C[C@@H]1O. The molecule has 3 nitrogen and oxygen atoms in total. The average molecular weight is 206 g/mol. The minimum absolute atomic E-state index is 0.322. The van der Waals surface area contributed by atoms with E-state index in [1.54, 1.807) is 0 Å². The van der Waals surface area contributed by atoms with Crippen molar-refractivity contribution in [1.29, 1.82) is 0 Å². The summed E-state index contributed by atoms with van der Waals surface area (Å²) in [4.78, 5) is 11.4. The first kappa shape index (κ1) is 10.2. The molecule has 0 fully saturated rings. The van der Waals surface area contributed by atoms with Crippen LogP contribution in [0.4, 0.5) is 0 Å². The van der Waals surface area contributed by atoms with Crippen LogP contribution in [0.1, 0.15) is 11.1 Å². The molecule has 0 amide bonds. The zero-order chi connectivity index (χ0) is 10.8. The molecule has 0 saturated heterocycles. The lowest BCUT2D eigenvalue weighted by atomic mass is 9.82. The first-order valence-electron chi connectivity index (χ1n) is 5.05. The summed E-state index contributed by atoms with van der Waals surface area (Å²) in [5.41, 5.74) is 2.27. The summed E-state index contributed by atoms with van der Waals surface area (Å²) in [6.45, 7) is 0. The van der Waals surface area contributed by atoms with Gasteiger partial charge in [0.15, 0.2) is 0 Å². The molecule has 0 spiro atoms. The van der Waals surface area contributed by atoms with E-state index in [4.69, 9.17) is 0 Å². The molecule has 1 aliphatic rings. The molecule has 3 heteroatoms. The summed E-state index contributed by atoms with van der Waals surface area (Å²) < 4.78 is 4.68. The Morgan fingerprint density at radius 3 is 2.53 bits per heavy atom. The van der Waals surface area contributed by atoms with Gasteiger partial charge in [0.05, 0.1) is 19.1 Å². The van der Waals surface area contributed by atoms with Crippen LogP contribution < -0.4 is 0 Å². The Morgan fingerprint density at radius 1 is 1.33 bits per heavy atom. The van der Waals surface area contributed by atoms with Crippen LogP contribution in [0.3, 0.4) is 0 Å². The number of ether oxygens (including phenoxy) is 1. The maximum atomic E-state index is 11.4. The third-order valence-corrected chi connectivity index (χ3v) is 2.96. The van der Waals surface area contributed by atoms with E-state index in [0.717, 1.165) is 11.1 Å². The van der Waals surface area contributed by atoms with Crippen molar-refractivity contribution >= 4 is 5.97 Å². The standard InChI is InChI=1S/C12H14O3/c1-15-12(14)10-6-8-4-2-3-5-9(8)7-11(10)13/h2-5,10-11,13H,6-7H2,1H3/t10-,11+/m1/s1. The molecule has 1 aromatic rings. The number of aliphatic hydroxyl groups is 1. The monoisotopic (exact) mass is 206 g/mol. The van der Waals surface area contributed by atoms with E-state index >= 15 is 0 Å². The first-order valence-corrected chi connectivity index (χ1v) is 5.05. The van der Waals surface area contributed by atoms with Crippen LogP contribution in [0, 0.1) is 5.92 Å². The minimum Gasteiger partial charge on any atom is -0.469 e. The highest BCUT2D eigenvalue weighted by molar-refractivity contribution is 5.74. The normalized spacial score (nSPS) is 24.4. The molecule has 1 aliphatic carbocycles. The van der Waals surface area contributed by atoms with Crippen molar-refractivity contribution < 1.29 is 14.6 Å². The maximum absolute atomic E-state index is 11.4. The fourth-order valence-corrected chi connectivity index (χ4v) is 2.09. The number of carbonyl (C=O) groups is 1. The van der Waals surface area contributed by atoms with E-state index < -0.39 is 12.0 Å². The second kappa shape index (κ2) is 4.03. The van der Waals surface area contributed by atoms with E-state index in [1.165, 1.54) is 7.11 Å². The molecule has 15 heavy (non-hydrogen) atoms. The molecule has 0 aliphatic heterocycles. The van der Waals surface area contributed by atoms with Gasteiger partial charge in [0.2, 0.25) is 0 Å². The summed E-state index contributed by atoms with van der Waals surface area (Å²) in [5.74, 6) is -0.734. The highest BCUT2D eigenvalue weighted by atomic mass is 16.5. The highest BCUT2D eigenvalue weighted by Gasteiger charge is 2.32. The Morgan fingerprint density at radius 2 is 1.93 bits per heavy atom. The van der Waals surface area contributed by atoms with Gasteiger partial charge in [0.1, 0.15) is 0 Å². The molecule has 80 valence electrons. The number of aliphatic hydroxyl groups excluding tert-OH is 1. The van der Waals surface area contributed by atoms with Gasteiger partial charge in [0, 0.05) is 0 Å². The van der Waals surface area contributed by atoms with Crippen LogP contribution in [0.25, 0.3) is 0 Å². The number of fused-ring (bicyclic) bond motifs is 1. The Kier molecular flexibility index (Phi) is 2.73.